The van der Waals surface area contributed by atoms with Crippen molar-refractivity contribution in [2.24, 2.45) is 11.8 Å². The maximum Gasteiger partial charge on any atom is 0.256 e. The molecule has 1 aliphatic carbocycles. The fourth-order valence-corrected chi connectivity index (χ4v) is 3.70. The zero-order chi connectivity index (χ0) is 15.0. The van der Waals surface area contributed by atoms with Crippen LogP contribution in [0.25, 0.3) is 0 Å². The standard InChI is InChI=1S/C16H20F2N2O/c17-13-7-12(15(19)8-14(13)18)16(21)20-6-5-10-3-1-2-4-11(10)9-20/h7-8,10-11H,1-6,9,19H2. The van der Waals surface area contributed by atoms with Gasteiger partial charge in [0.2, 0.25) is 0 Å². The van der Waals surface area contributed by atoms with Gasteiger partial charge in [-0.3, -0.25) is 4.79 Å². The summed E-state index contributed by atoms with van der Waals surface area (Å²) in [6.45, 7) is 1.39. The van der Waals surface area contributed by atoms with Gasteiger partial charge in [-0.25, -0.2) is 8.78 Å². The van der Waals surface area contributed by atoms with Crippen molar-refractivity contribution < 1.29 is 13.6 Å². The lowest BCUT2D eigenvalue weighted by Crippen LogP contribution is -2.45. The van der Waals surface area contributed by atoms with Gasteiger partial charge in [0, 0.05) is 24.8 Å². The van der Waals surface area contributed by atoms with Crippen LogP contribution in [0.4, 0.5) is 14.5 Å². The van der Waals surface area contributed by atoms with Crippen LogP contribution in [0.3, 0.4) is 0 Å². The molecule has 3 rings (SSSR count). The quantitative estimate of drug-likeness (QED) is 0.808. The number of benzene rings is 1. The van der Waals surface area contributed by atoms with Gasteiger partial charge in [0.1, 0.15) is 0 Å². The molecule has 0 bridgehead atoms. The van der Waals surface area contributed by atoms with Gasteiger partial charge in [-0.2, -0.15) is 0 Å². The second kappa shape index (κ2) is 5.62. The van der Waals surface area contributed by atoms with E-state index in [1.54, 1.807) is 4.90 Å². The molecule has 2 unspecified atom stereocenters. The second-order valence-corrected chi connectivity index (χ2v) is 6.20. The van der Waals surface area contributed by atoms with E-state index in [-0.39, 0.29) is 17.2 Å². The Kier molecular flexibility index (Phi) is 3.83. The highest BCUT2D eigenvalue weighted by Crippen LogP contribution is 2.36. The van der Waals surface area contributed by atoms with E-state index in [2.05, 4.69) is 0 Å². The first-order valence-electron chi connectivity index (χ1n) is 7.60. The Morgan fingerprint density at radius 3 is 2.52 bits per heavy atom. The molecule has 5 heteroatoms. The Labute approximate surface area is 123 Å². The van der Waals surface area contributed by atoms with Crippen molar-refractivity contribution >= 4 is 11.6 Å². The van der Waals surface area contributed by atoms with Gasteiger partial charge < -0.3 is 10.6 Å². The molecule has 1 aliphatic heterocycles. The molecular weight excluding hydrogens is 274 g/mol. The summed E-state index contributed by atoms with van der Waals surface area (Å²) in [5.74, 6) is -1.07. The van der Waals surface area contributed by atoms with Crippen molar-refractivity contribution in [3.63, 3.8) is 0 Å². The van der Waals surface area contributed by atoms with E-state index in [1.807, 2.05) is 0 Å². The fourth-order valence-electron chi connectivity index (χ4n) is 3.70. The van der Waals surface area contributed by atoms with Gasteiger partial charge in [-0.15, -0.1) is 0 Å². The van der Waals surface area contributed by atoms with E-state index in [1.165, 1.54) is 19.3 Å². The van der Waals surface area contributed by atoms with Crippen LogP contribution in [0.15, 0.2) is 12.1 Å². The average Bonchev–Trinajstić information content (AvgIpc) is 2.50. The van der Waals surface area contributed by atoms with Gasteiger partial charge in [-0.1, -0.05) is 19.3 Å². The summed E-state index contributed by atoms with van der Waals surface area (Å²) in [6.07, 6.45) is 5.91. The van der Waals surface area contributed by atoms with Crippen molar-refractivity contribution in [2.45, 2.75) is 32.1 Å². The summed E-state index contributed by atoms with van der Waals surface area (Å²) in [6, 6.07) is 1.80. The second-order valence-electron chi connectivity index (χ2n) is 6.20. The lowest BCUT2D eigenvalue weighted by Gasteiger charge is -2.41. The molecule has 1 aromatic carbocycles. The van der Waals surface area contributed by atoms with Crippen LogP contribution in [0, 0.1) is 23.5 Å². The number of anilines is 1. The number of halogens is 2. The van der Waals surface area contributed by atoms with E-state index >= 15 is 0 Å². The number of rotatable bonds is 1. The predicted octanol–water partition coefficient (Wildman–Crippen LogP) is 3.20. The molecule has 1 saturated heterocycles. The van der Waals surface area contributed by atoms with Crippen molar-refractivity contribution in [1.29, 1.82) is 0 Å². The minimum atomic E-state index is -1.03. The normalized spacial score (nSPS) is 25.5. The summed E-state index contributed by atoms with van der Waals surface area (Å²) < 4.78 is 26.5. The van der Waals surface area contributed by atoms with Crippen LogP contribution in [-0.2, 0) is 0 Å². The highest BCUT2D eigenvalue weighted by atomic mass is 19.2. The fraction of sp³-hybridized carbons (Fsp3) is 0.562. The maximum atomic E-state index is 13.4. The van der Waals surface area contributed by atoms with Crippen LogP contribution in [0.5, 0.6) is 0 Å². The molecule has 1 aromatic rings. The Morgan fingerprint density at radius 2 is 1.76 bits per heavy atom. The van der Waals surface area contributed by atoms with E-state index in [4.69, 9.17) is 5.73 Å². The first-order chi connectivity index (χ1) is 10.1. The zero-order valence-corrected chi connectivity index (χ0v) is 11.9. The minimum absolute atomic E-state index is 0.00432. The van der Waals surface area contributed by atoms with Gasteiger partial charge in [0.05, 0.1) is 5.56 Å². The van der Waals surface area contributed by atoms with Crippen LogP contribution in [-0.4, -0.2) is 23.9 Å². The Morgan fingerprint density at radius 1 is 1.10 bits per heavy atom. The van der Waals surface area contributed by atoms with Gasteiger partial charge in [0.25, 0.3) is 5.91 Å². The largest absolute Gasteiger partial charge is 0.398 e. The smallest absolute Gasteiger partial charge is 0.256 e. The molecule has 114 valence electrons. The number of piperidine rings is 1. The Bertz CT molecular complexity index is 561. The Hall–Kier alpha value is -1.65. The number of carbonyl (C=O) groups excluding carboxylic acids is 1. The highest BCUT2D eigenvalue weighted by Gasteiger charge is 2.33. The van der Waals surface area contributed by atoms with Gasteiger partial charge in [0.15, 0.2) is 11.6 Å². The van der Waals surface area contributed by atoms with Crippen molar-refractivity contribution in [3.05, 3.63) is 29.3 Å². The number of nitrogen functional groups attached to an aromatic ring is 1. The lowest BCUT2D eigenvalue weighted by atomic mass is 9.75. The van der Waals surface area contributed by atoms with Crippen molar-refractivity contribution in [1.82, 2.24) is 4.90 Å². The molecule has 2 fully saturated rings. The monoisotopic (exact) mass is 294 g/mol. The Balaban J connectivity index is 1.78. The number of amides is 1. The summed E-state index contributed by atoms with van der Waals surface area (Å²) in [7, 11) is 0. The highest BCUT2D eigenvalue weighted by molar-refractivity contribution is 5.99. The topological polar surface area (TPSA) is 46.3 Å². The molecular formula is C16H20F2N2O. The summed E-state index contributed by atoms with van der Waals surface area (Å²) in [5, 5.41) is 0. The lowest BCUT2D eigenvalue weighted by molar-refractivity contribution is 0.0521. The molecule has 2 aliphatic rings. The molecule has 2 atom stereocenters. The molecule has 1 amide bonds. The molecule has 0 radical (unpaired) electrons. The number of nitrogens with two attached hydrogens (primary N) is 1. The third kappa shape index (κ3) is 2.74. The maximum absolute atomic E-state index is 13.4. The van der Waals surface area contributed by atoms with E-state index in [0.717, 1.165) is 25.0 Å². The number of hydrogen-bond donors (Lipinski definition) is 1. The third-order valence-electron chi connectivity index (χ3n) is 4.90. The number of likely N-dealkylation sites (tertiary alicyclic amines) is 1. The first kappa shape index (κ1) is 14.3. The molecule has 3 nitrogen and oxygen atoms in total. The SMILES string of the molecule is Nc1cc(F)c(F)cc1C(=O)N1CCC2CCCCC2C1. The van der Waals surface area contributed by atoms with E-state index < -0.39 is 11.6 Å². The minimum Gasteiger partial charge on any atom is -0.398 e. The summed E-state index contributed by atoms with van der Waals surface area (Å²) >= 11 is 0. The number of nitrogens with zero attached hydrogens (tertiary/aromatic N) is 1. The van der Waals surface area contributed by atoms with Crippen molar-refractivity contribution in [3.8, 4) is 0 Å². The average molecular weight is 294 g/mol. The molecule has 1 saturated carbocycles. The molecule has 1 heterocycles. The predicted molar refractivity (Wildman–Crippen MR) is 76.7 cm³/mol. The summed E-state index contributed by atoms with van der Waals surface area (Å²) in [5.41, 5.74) is 5.75. The van der Waals surface area contributed by atoms with Crippen LogP contribution in [0.2, 0.25) is 0 Å². The number of hydrogen-bond acceptors (Lipinski definition) is 2. The third-order valence-corrected chi connectivity index (χ3v) is 4.90. The van der Waals surface area contributed by atoms with E-state index in [9.17, 15) is 13.6 Å². The number of fused-ring (bicyclic) bond motifs is 1. The van der Waals surface area contributed by atoms with Crippen LogP contribution >= 0.6 is 0 Å². The van der Waals surface area contributed by atoms with E-state index in [0.29, 0.717) is 24.9 Å². The molecule has 0 spiro atoms. The summed E-state index contributed by atoms with van der Waals surface area (Å²) in [4.78, 5) is 14.3. The molecule has 2 N–H and O–H groups in total. The van der Waals surface area contributed by atoms with Crippen LogP contribution < -0.4 is 5.73 Å². The van der Waals surface area contributed by atoms with Gasteiger partial charge >= 0.3 is 0 Å². The zero-order valence-electron chi connectivity index (χ0n) is 11.9. The van der Waals surface area contributed by atoms with Gasteiger partial charge in [-0.05, 0) is 30.7 Å². The first-order valence-corrected chi connectivity index (χ1v) is 7.60. The molecule has 21 heavy (non-hydrogen) atoms. The molecule has 0 aromatic heterocycles. The number of carbonyl (C=O) groups is 1. The van der Waals surface area contributed by atoms with Crippen molar-refractivity contribution in [2.75, 3.05) is 18.8 Å². The van der Waals surface area contributed by atoms with Crippen LogP contribution in [0.1, 0.15) is 42.5 Å².